The first-order valence-corrected chi connectivity index (χ1v) is 20.0. The van der Waals surface area contributed by atoms with Crippen LogP contribution >= 0.6 is 0 Å². The number of nitrogens with one attached hydrogen (secondary N) is 2. The van der Waals surface area contributed by atoms with Gasteiger partial charge in [0.2, 0.25) is 0 Å². The number of rotatable bonds is 17. The number of amides is 2. The maximum atomic E-state index is 13.0. The standard InChI is InChI=1S/C42H52N2O18/c45-19-29-34(50)37(35(51)39(60-29)59-28-15-16-58-30(33(28)49)21-57-20-22-11-13-24(14-12-22)23-7-3-1-4-8-23)62-42(40(53)54)17-26(46)31(44-41(55)56)36(61-42)32(48)27(47)18-43-38(52)25-9-5-2-6-10-25/h1-14,26-37,39,44-51H,15-21H2,(H,43,52)(H,53,54)(H,55,56)/t26-,27+,28+,29+,30+,31+,32+,33+,34-,35+,36+,37-,39+,42-/m0/s1. The number of ether oxygens (including phenoxy) is 6. The molecule has 0 aliphatic carbocycles. The molecule has 6 rings (SSSR count). The van der Waals surface area contributed by atoms with E-state index in [1.807, 2.05) is 59.9 Å². The zero-order valence-corrected chi connectivity index (χ0v) is 33.2. The van der Waals surface area contributed by atoms with E-state index >= 15 is 0 Å². The van der Waals surface area contributed by atoms with Crippen molar-refractivity contribution in [3.63, 3.8) is 0 Å². The summed E-state index contributed by atoms with van der Waals surface area (Å²) in [5.74, 6) is -5.68. The van der Waals surface area contributed by atoms with Crippen molar-refractivity contribution in [2.75, 3.05) is 26.4 Å². The highest BCUT2D eigenvalue weighted by Gasteiger charge is 2.60. The molecule has 2 amide bonds. The molecule has 3 heterocycles. The Kier molecular flexibility index (Phi) is 16.0. The molecule has 0 aromatic heterocycles. The van der Waals surface area contributed by atoms with Crippen molar-refractivity contribution in [2.45, 2.75) is 105 Å². The summed E-state index contributed by atoms with van der Waals surface area (Å²) in [6, 6.07) is 23.6. The highest BCUT2D eigenvalue weighted by atomic mass is 16.8. The SMILES string of the molecule is O=C(O)N[C@H]1[C@H]([C@H](O)[C@H](O)CNC(=O)c2ccccc2)O[C@@](O[C@H]2[C@@H](O)[C@@H](CO)O[C@@H](O[C@@H]3CCO[C@H](COCc4ccc(-c5ccccc5)cc4)[C@@H]3O)[C@@H]2O)(C(=O)O)C[C@@H]1O. The first kappa shape index (κ1) is 46.8. The van der Waals surface area contributed by atoms with Gasteiger partial charge in [-0.3, -0.25) is 4.79 Å². The predicted molar refractivity (Wildman–Crippen MR) is 211 cm³/mol. The number of hydrogen-bond donors (Lipinski definition) is 11. The molecule has 0 radical (unpaired) electrons. The third-order valence-corrected chi connectivity index (χ3v) is 11.0. The molecular formula is C42H52N2O18. The summed E-state index contributed by atoms with van der Waals surface area (Å²) in [6.45, 7) is -1.32. The van der Waals surface area contributed by atoms with Crippen LogP contribution in [-0.4, -0.2) is 176 Å². The Hall–Kier alpha value is -4.65. The molecule has 3 fully saturated rings. The quantitative estimate of drug-likeness (QED) is 0.0771. The highest BCUT2D eigenvalue weighted by Crippen LogP contribution is 2.38. The monoisotopic (exact) mass is 872 g/mol. The normalized spacial score (nSPS) is 32.3. The fourth-order valence-electron chi connectivity index (χ4n) is 7.61. The number of carboxylic acid groups (broad SMARTS) is 2. The first-order chi connectivity index (χ1) is 29.7. The number of benzene rings is 3. The van der Waals surface area contributed by atoms with E-state index in [4.69, 9.17) is 28.4 Å². The van der Waals surface area contributed by atoms with Crippen molar-refractivity contribution < 1.29 is 88.8 Å². The van der Waals surface area contributed by atoms with Crippen LogP contribution in [-0.2, 0) is 39.8 Å². The molecule has 62 heavy (non-hydrogen) atoms. The number of hydrogen-bond acceptors (Lipinski definition) is 16. The van der Waals surface area contributed by atoms with Crippen LogP contribution in [0.1, 0.15) is 28.8 Å². The molecule has 338 valence electrons. The first-order valence-electron chi connectivity index (χ1n) is 20.0. The van der Waals surface area contributed by atoms with Crippen LogP contribution in [0.4, 0.5) is 4.79 Å². The molecule has 3 aromatic rings. The van der Waals surface area contributed by atoms with Crippen LogP contribution < -0.4 is 10.6 Å². The van der Waals surface area contributed by atoms with Gasteiger partial charge in [0.05, 0.1) is 44.2 Å². The van der Waals surface area contributed by atoms with Gasteiger partial charge in [0.25, 0.3) is 11.7 Å². The largest absolute Gasteiger partial charge is 0.477 e. The van der Waals surface area contributed by atoms with E-state index in [9.17, 15) is 60.3 Å². The Bertz CT molecular complexity index is 1910. The van der Waals surface area contributed by atoms with E-state index in [0.717, 1.165) is 16.7 Å². The number of carbonyl (C=O) groups is 3. The van der Waals surface area contributed by atoms with Gasteiger partial charge in [0.15, 0.2) is 6.29 Å². The maximum Gasteiger partial charge on any atom is 0.405 e. The zero-order chi connectivity index (χ0) is 44.6. The topological polar surface area (TPSA) is 313 Å². The van der Waals surface area contributed by atoms with Gasteiger partial charge in [-0.05, 0) is 35.2 Å². The van der Waals surface area contributed by atoms with Crippen molar-refractivity contribution >= 4 is 18.0 Å². The zero-order valence-electron chi connectivity index (χ0n) is 33.2. The van der Waals surface area contributed by atoms with Crippen LogP contribution in [0.3, 0.4) is 0 Å². The van der Waals surface area contributed by atoms with Gasteiger partial charge in [-0.15, -0.1) is 0 Å². The van der Waals surface area contributed by atoms with Crippen molar-refractivity contribution in [1.82, 2.24) is 10.6 Å². The minimum Gasteiger partial charge on any atom is -0.477 e. The lowest BCUT2D eigenvalue weighted by Crippen LogP contribution is -2.70. The number of aliphatic hydroxyl groups excluding tert-OH is 7. The Balaban J connectivity index is 1.12. The minimum atomic E-state index is -3.06. The van der Waals surface area contributed by atoms with Crippen LogP contribution in [0.2, 0.25) is 0 Å². The van der Waals surface area contributed by atoms with Crippen molar-refractivity contribution in [2.24, 2.45) is 0 Å². The van der Waals surface area contributed by atoms with Crippen LogP contribution in [0.25, 0.3) is 11.1 Å². The smallest absolute Gasteiger partial charge is 0.405 e. The third-order valence-electron chi connectivity index (χ3n) is 11.0. The summed E-state index contributed by atoms with van der Waals surface area (Å²) in [6.07, 6.45) is -23.7. The molecule has 0 spiro atoms. The van der Waals surface area contributed by atoms with Gasteiger partial charge in [-0.25, -0.2) is 9.59 Å². The van der Waals surface area contributed by atoms with E-state index in [1.165, 1.54) is 12.1 Å². The second-order valence-corrected chi connectivity index (χ2v) is 15.3. The lowest BCUT2D eigenvalue weighted by atomic mass is 9.88. The lowest BCUT2D eigenvalue weighted by molar-refractivity contribution is -0.376. The molecule has 20 heteroatoms. The van der Waals surface area contributed by atoms with Gasteiger partial charge >= 0.3 is 12.1 Å². The van der Waals surface area contributed by atoms with E-state index in [1.54, 1.807) is 18.2 Å². The van der Waals surface area contributed by atoms with Crippen molar-refractivity contribution in [3.05, 3.63) is 96.1 Å². The molecular weight excluding hydrogens is 820 g/mol. The molecule has 3 aromatic carbocycles. The predicted octanol–water partition coefficient (Wildman–Crippen LogP) is -1.05. The van der Waals surface area contributed by atoms with Gasteiger partial charge in [0, 0.05) is 25.1 Å². The van der Waals surface area contributed by atoms with E-state index in [-0.39, 0.29) is 31.8 Å². The van der Waals surface area contributed by atoms with E-state index in [2.05, 4.69) is 5.32 Å². The summed E-state index contributed by atoms with van der Waals surface area (Å²) in [5, 5.41) is 102. The van der Waals surface area contributed by atoms with Crippen molar-refractivity contribution in [3.8, 4) is 11.1 Å². The number of carbonyl (C=O) groups excluding carboxylic acids is 1. The van der Waals surface area contributed by atoms with Crippen molar-refractivity contribution in [1.29, 1.82) is 0 Å². The molecule has 11 N–H and O–H groups in total. The molecule has 0 unspecified atom stereocenters. The number of carboxylic acids is 1. The van der Waals surface area contributed by atoms with Gasteiger partial charge in [-0.1, -0.05) is 72.8 Å². The average molecular weight is 873 g/mol. The van der Waals surface area contributed by atoms with Crippen LogP contribution in [0.5, 0.6) is 0 Å². The summed E-state index contributed by atoms with van der Waals surface area (Å²) in [4.78, 5) is 37.3. The summed E-state index contributed by atoms with van der Waals surface area (Å²) >= 11 is 0. The second-order valence-electron chi connectivity index (χ2n) is 15.3. The van der Waals surface area contributed by atoms with Gasteiger partial charge < -0.3 is 85.0 Å². The molecule has 3 aliphatic heterocycles. The summed E-state index contributed by atoms with van der Waals surface area (Å²) in [7, 11) is 0. The van der Waals surface area contributed by atoms with Crippen LogP contribution in [0, 0.1) is 0 Å². The molecule has 20 nitrogen and oxygen atoms in total. The maximum absolute atomic E-state index is 13.0. The summed E-state index contributed by atoms with van der Waals surface area (Å²) < 4.78 is 34.7. The fraction of sp³-hybridized carbons (Fsp3) is 0.500. The fourth-order valence-corrected chi connectivity index (χ4v) is 7.61. The average Bonchev–Trinajstić information content (AvgIpc) is 3.27. The van der Waals surface area contributed by atoms with E-state index in [0.29, 0.717) is 0 Å². The second kappa shape index (κ2) is 21.1. The third kappa shape index (κ3) is 11.1. The Morgan fingerprint density at radius 2 is 1.50 bits per heavy atom. The molecule has 14 atom stereocenters. The van der Waals surface area contributed by atoms with Gasteiger partial charge in [-0.2, -0.15) is 0 Å². The Morgan fingerprint density at radius 1 is 0.839 bits per heavy atom. The lowest BCUT2D eigenvalue weighted by Gasteiger charge is -2.50. The Labute approximate surface area is 355 Å². The van der Waals surface area contributed by atoms with Gasteiger partial charge in [0.1, 0.15) is 48.8 Å². The molecule has 3 saturated heterocycles. The summed E-state index contributed by atoms with van der Waals surface area (Å²) in [5.41, 5.74) is 3.16. The number of aliphatic hydroxyl groups is 7. The highest BCUT2D eigenvalue weighted by molar-refractivity contribution is 5.94. The molecule has 3 aliphatic rings. The Morgan fingerprint density at radius 3 is 2.15 bits per heavy atom. The number of aliphatic carboxylic acids is 1. The minimum absolute atomic E-state index is 0.0567. The molecule has 0 saturated carbocycles. The van der Waals surface area contributed by atoms with E-state index < -0.39 is 123 Å². The van der Waals surface area contributed by atoms with Crippen LogP contribution in [0.15, 0.2) is 84.9 Å². The molecule has 0 bridgehead atoms.